The smallest absolute Gasteiger partial charge is 0.328 e. The lowest BCUT2D eigenvalue weighted by atomic mass is 10.0. The number of unbranched alkanes of at least 4 members (excludes halogenated alkanes) is 25. The number of nitrogens with one attached hydrogen (secondary N) is 2. The van der Waals surface area contributed by atoms with Crippen LogP contribution >= 0.6 is 0 Å². The number of carboxylic acid groups (broad SMARTS) is 1. The van der Waals surface area contributed by atoms with Crippen LogP contribution in [0.2, 0.25) is 0 Å². The normalized spacial score (nSPS) is 12.6. The third-order valence-electron chi connectivity index (χ3n) is 10.7. The van der Waals surface area contributed by atoms with Gasteiger partial charge in [-0.3, -0.25) is 14.4 Å². The lowest BCUT2D eigenvalue weighted by molar-refractivity contribution is -0.150. The Morgan fingerprint density at radius 2 is 0.912 bits per heavy atom. The Morgan fingerprint density at radius 1 is 0.509 bits per heavy atom. The number of allylic oxidation sites excluding steroid dienone is 4. The van der Waals surface area contributed by atoms with E-state index >= 15 is 0 Å². The minimum Gasteiger partial charge on any atom is -0.480 e. The van der Waals surface area contributed by atoms with Gasteiger partial charge < -0.3 is 25.6 Å². The molecule has 332 valence electrons. The molecule has 4 N–H and O–H groups in total. The van der Waals surface area contributed by atoms with E-state index in [0.717, 1.165) is 70.6 Å². The van der Waals surface area contributed by atoms with E-state index < -0.39 is 24.5 Å². The van der Waals surface area contributed by atoms with Crippen LogP contribution in [0.1, 0.15) is 232 Å². The van der Waals surface area contributed by atoms with Gasteiger partial charge in [-0.15, -0.1) is 0 Å². The first-order valence-corrected chi connectivity index (χ1v) is 23.7. The van der Waals surface area contributed by atoms with E-state index in [2.05, 4.69) is 48.8 Å². The van der Waals surface area contributed by atoms with Gasteiger partial charge in [-0.1, -0.05) is 160 Å². The zero-order valence-electron chi connectivity index (χ0n) is 36.9. The van der Waals surface area contributed by atoms with Gasteiger partial charge in [0.1, 0.15) is 12.1 Å². The van der Waals surface area contributed by atoms with Crippen LogP contribution in [0.25, 0.3) is 0 Å². The Balaban J connectivity index is 4.27. The molecule has 9 heteroatoms. The Morgan fingerprint density at radius 3 is 1.39 bits per heavy atom. The Labute approximate surface area is 349 Å². The minimum absolute atomic E-state index is 0.0439. The quantitative estimate of drug-likeness (QED) is 0.0273. The summed E-state index contributed by atoms with van der Waals surface area (Å²) in [6.07, 6.45) is 47.8. The molecule has 0 aliphatic carbocycles. The van der Waals surface area contributed by atoms with Crippen LogP contribution in [0.3, 0.4) is 0 Å². The zero-order chi connectivity index (χ0) is 41.9. The van der Waals surface area contributed by atoms with Gasteiger partial charge in [0.05, 0.1) is 13.2 Å². The first-order chi connectivity index (χ1) is 27.8. The molecule has 0 aromatic heterocycles. The van der Waals surface area contributed by atoms with Crippen molar-refractivity contribution in [3.63, 3.8) is 0 Å². The maximum Gasteiger partial charge on any atom is 0.328 e. The third-order valence-corrected chi connectivity index (χ3v) is 10.7. The van der Waals surface area contributed by atoms with Crippen molar-refractivity contribution in [3.05, 3.63) is 24.3 Å². The number of aliphatic hydroxyl groups excluding tert-OH is 1. The van der Waals surface area contributed by atoms with E-state index in [1.54, 1.807) is 0 Å². The Hall–Kier alpha value is -2.68. The van der Waals surface area contributed by atoms with Crippen LogP contribution in [0.15, 0.2) is 24.3 Å². The summed E-state index contributed by atoms with van der Waals surface area (Å²) in [5, 5.41) is 22.6. The number of rotatable bonds is 43. The number of carbonyl (C=O) groups is 4. The van der Waals surface area contributed by atoms with Gasteiger partial charge in [0.15, 0.2) is 0 Å². The van der Waals surface area contributed by atoms with Crippen LogP contribution in [0, 0.1) is 0 Å². The van der Waals surface area contributed by atoms with E-state index in [-0.39, 0.29) is 24.5 Å². The molecule has 9 nitrogen and oxygen atoms in total. The average Bonchev–Trinajstić information content (AvgIpc) is 3.20. The molecule has 0 aromatic carbocycles. The summed E-state index contributed by atoms with van der Waals surface area (Å²) in [6.45, 7) is 3.48. The summed E-state index contributed by atoms with van der Waals surface area (Å²) in [5.41, 5.74) is 0. The van der Waals surface area contributed by atoms with E-state index in [1.807, 2.05) is 0 Å². The van der Waals surface area contributed by atoms with Crippen molar-refractivity contribution in [2.24, 2.45) is 0 Å². The summed E-state index contributed by atoms with van der Waals surface area (Å²) in [5.74, 6) is -2.31. The second kappa shape index (κ2) is 42.9. The second-order valence-corrected chi connectivity index (χ2v) is 16.2. The molecule has 57 heavy (non-hydrogen) atoms. The van der Waals surface area contributed by atoms with Crippen LogP contribution in [-0.4, -0.2) is 59.3 Å². The maximum atomic E-state index is 12.8. The van der Waals surface area contributed by atoms with Gasteiger partial charge in [-0.05, 0) is 83.5 Å². The van der Waals surface area contributed by atoms with Crippen molar-refractivity contribution in [3.8, 4) is 0 Å². The minimum atomic E-state index is -1.38. The Kier molecular flexibility index (Phi) is 40.9. The van der Waals surface area contributed by atoms with E-state index in [1.165, 1.54) is 128 Å². The maximum absolute atomic E-state index is 12.8. The number of esters is 1. The van der Waals surface area contributed by atoms with E-state index in [0.29, 0.717) is 19.3 Å². The number of aliphatic carboxylic acids is 1. The number of hydrogen-bond donors (Lipinski definition) is 4. The SMILES string of the molecule is CCCCCCCC/C=C\CCCC(CCCCCCCC(=O)NCC(=O)NC(CO)C(=O)O)OC(=O)CCCCCCCCC/C=C\CCCCCCCCC. The molecule has 0 aliphatic rings. The van der Waals surface area contributed by atoms with Gasteiger partial charge in [0, 0.05) is 12.8 Å². The molecule has 0 rings (SSSR count). The summed E-state index contributed by atoms with van der Waals surface area (Å²) in [7, 11) is 0. The first-order valence-electron chi connectivity index (χ1n) is 23.7. The summed E-state index contributed by atoms with van der Waals surface area (Å²) in [6, 6.07) is -1.38. The van der Waals surface area contributed by atoms with Crippen molar-refractivity contribution in [2.45, 2.75) is 244 Å². The second-order valence-electron chi connectivity index (χ2n) is 16.2. The number of carboxylic acids is 1. The highest BCUT2D eigenvalue weighted by Crippen LogP contribution is 2.18. The number of hydrogen-bond acceptors (Lipinski definition) is 6. The largest absolute Gasteiger partial charge is 0.480 e. The van der Waals surface area contributed by atoms with Gasteiger partial charge in [-0.2, -0.15) is 0 Å². The third kappa shape index (κ3) is 39.9. The number of ether oxygens (including phenoxy) is 1. The van der Waals surface area contributed by atoms with Crippen LogP contribution in [-0.2, 0) is 23.9 Å². The molecular weight excluding hydrogens is 717 g/mol. The lowest BCUT2D eigenvalue weighted by Gasteiger charge is -2.18. The molecule has 2 unspecified atom stereocenters. The molecule has 0 spiro atoms. The van der Waals surface area contributed by atoms with Crippen molar-refractivity contribution in [2.75, 3.05) is 13.2 Å². The molecule has 2 amide bonds. The summed E-state index contributed by atoms with van der Waals surface area (Å²) >= 11 is 0. The van der Waals surface area contributed by atoms with E-state index in [4.69, 9.17) is 14.9 Å². The lowest BCUT2D eigenvalue weighted by Crippen LogP contribution is -2.47. The summed E-state index contributed by atoms with van der Waals surface area (Å²) < 4.78 is 6.02. The van der Waals surface area contributed by atoms with Crippen molar-refractivity contribution in [1.82, 2.24) is 10.6 Å². The standard InChI is InChI=1S/C48H88N2O7/c1-3-5-7-9-11-13-15-16-17-18-19-20-21-23-25-27-32-36-40-47(54)57-43(37-33-29-26-24-22-14-12-10-8-6-4-2)38-34-30-28-31-35-39-45(52)49-41-46(53)50-44(42-51)48(55)56/h17-18,24,26,43-44,51H,3-16,19-23,25,27-42H2,1-2H3,(H,49,52)(H,50,53)(H,55,56)/b18-17-,26-24-. The molecule has 0 saturated carbocycles. The molecule has 0 radical (unpaired) electrons. The molecule has 0 bridgehead atoms. The summed E-state index contributed by atoms with van der Waals surface area (Å²) in [4.78, 5) is 47.6. The topological polar surface area (TPSA) is 142 Å². The van der Waals surface area contributed by atoms with Gasteiger partial charge >= 0.3 is 11.9 Å². The molecular formula is C48H88N2O7. The number of carbonyl (C=O) groups excluding carboxylic acids is 3. The monoisotopic (exact) mass is 805 g/mol. The highest BCUT2D eigenvalue weighted by atomic mass is 16.5. The average molecular weight is 805 g/mol. The van der Waals surface area contributed by atoms with Gasteiger partial charge in [-0.25, -0.2) is 4.79 Å². The molecule has 0 fully saturated rings. The predicted octanol–water partition coefficient (Wildman–Crippen LogP) is 12.0. The van der Waals surface area contributed by atoms with Crippen LogP contribution in [0.5, 0.6) is 0 Å². The fourth-order valence-corrected chi connectivity index (χ4v) is 7.00. The fraction of sp³-hybridized carbons (Fsp3) is 0.833. The van der Waals surface area contributed by atoms with Crippen LogP contribution in [0.4, 0.5) is 0 Å². The molecule has 2 atom stereocenters. The van der Waals surface area contributed by atoms with Gasteiger partial charge in [0.2, 0.25) is 11.8 Å². The molecule has 0 heterocycles. The number of aliphatic hydroxyl groups is 1. The highest BCUT2D eigenvalue weighted by Gasteiger charge is 2.19. The van der Waals surface area contributed by atoms with E-state index in [9.17, 15) is 19.2 Å². The Bertz CT molecular complexity index is 1010. The zero-order valence-corrected chi connectivity index (χ0v) is 36.9. The molecule has 0 aliphatic heterocycles. The van der Waals surface area contributed by atoms with Crippen molar-refractivity contribution in [1.29, 1.82) is 0 Å². The van der Waals surface area contributed by atoms with Gasteiger partial charge in [0.25, 0.3) is 0 Å². The van der Waals surface area contributed by atoms with Crippen molar-refractivity contribution < 1.29 is 34.1 Å². The number of amides is 2. The predicted molar refractivity (Wildman–Crippen MR) is 236 cm³/mol. The fourth-order valence-electron chi connectivity index (χ4n) is 7.00. The highest BCUT2D eigenvalue weighted by molar-refractivity contribution is 5.87. The first kappa shape index (κ1) is 54.3. The molecule has 0 aromatic rings. The van der Waals surface area contributed by atoms with Crippen LogP contribution < -0.4 is 10.6 Å². The van der Waals surface area contributed by atoms with Crippen molar-refractivity contribution >= 4 is 23.8 Å². The molecule has 0 saturated heterocycles.